The summed E-state index contributed by atoms with van der Waals surface area (Å²) in [5, 5.41) is 10.8. The lowest BCUT2D eigenvalue weighted by molar-refractivity contribution is -0.384. The molecule has 7 nitrogen and oxygen atoms in total. The molecule has 0 N–H and O–H groups in total. The fraction of sp³-hybridized carbons (Fsp3) is 0.429. The van der Waals surface area contributed by atoms with E-state index in [9.17, 15) is 19.7 Å². The van der Waals surface area contributed by atoms with Gasteiger partial charge >= 0.3 is 5.97 Å². The molecule has 2 aromatic rings. The number of carbonyl (C=O) groups excluding carboxylic acids is 2. The number of fused-ring (bicyclic) bond motifs is 1. The first-order valence-electron chi connectivity index (χ1n) is 9.56. The van der Waals surface area contributed by atoms with Crippen LogP contribution in [-0.2, 0) is 11.8 Å². The van der Waals surface area contributed by atoms with E-state index in [1.165, 1.54) is 24.3 Å². The molecular formula is C21H24N2O5. The van der Waals surface area contributed by atoms with E-state index in [1.807, 2.05) is 0 Å². The molecule has 1 aromatic carbocycles. The molecule has 1 aromatic heterocycles. The highest BCUT2D eigenvalue weighted by Gasteiger charge is 2.39. The number of unbranched alkanes of at least 4 members (excludes halogenated alkanes) is 3. The highest BCUT2D eigenvalue weighted by Crippen LogP contribution is 2.43. The Kier molecular flexibility index (Phi) is 5.63. The number of nitrogens with zero attached hydrogens (tertiary/aromatic N) is 2. The first-order chi connectivity index (χ1) is 13.4. The molecule has 28 heavy (non-hydrogen) atoms. The minimum atomic E-state index is -0.501. The van der Waals surface area contributed by atoms with Crippen LogP contribution in [0.3, 0.4) is 0 Å². The zero-order valence-electron chi connectivity index (χ0n) is 16.4. The molecule has 1 unspecified atom stereocenters. The number of nitro groups is 1. The van der Waals surface area contributed by atoms with Crippen molar-refractivity contribution in [1.29, 1.82) is 0 Å². The van der Waals surface area contributed by atoms with Crippen molar-refractivity contribution in [3.63, 3.8) is 0 Å². The first-order valence-corrected chi connectivity index (χ1v) is 9.56. The van der Waals surface area contributed by atoms with Gasteiger partial charge in [0.15, 0.2) is 5.75 Å². The number of ketones is 1. The lowest BCUT2D eigenvalue weighted by Gasteiger charge is -2.12. The van der Waals surface area contributed by atoms with E-state index in [0.29, 0.717) is 29.0 Å². The van der Waals surface area contributed by atoms with Gasteiger partial charge in [-0.3, -0.25) is 19.7 Å². The minimum absolute atomic E-state index is 0.0660. The van der Waals surface area contributed by atoms with Crippen molar-refractivity contribution < 1.29 is 19.2 Å². The third kappa shape index (κ3) is 3.44. The Morgan fingerprint density at radius 1 is 1.21 bits per heavy atom. The van der Waals surface area contributed by atoms with Crippen LogP contribution in [-0.4, -0.2) is 21.2 Å². The van der Waals surface area contributed by atoms with Crippen molar-refractivity contribution in [3.8, 4) is 5.75 Å². The molecule has 0 saturated heterocycles. The van der Waals surface area contributed by atoms with Crippen LogP contribution in [0.15, 0.2) is 24.3 Å². The molecule has 148 valence electrons. The van der Waals surface area contributed by atoms with E-state index < -0.39 is 4.92 Å². The summed E-state index contributed by atoms with van der Waals surface area (Å²) >= 11 is 0. The third-order valence-electron chi connectivity index (χ3n) is 5.34. The average Bonchev–Trinajstić information content (AvgIpc) is 3.12. The van der Waals surface area contributed by atoms with Gasteiger partial charge in [0.05, 0.1) is 16.3 Å². The van der Waals surface area contributed by atoms with Gasteiger partial charge in [-0.1, -0.05) is 32.6 Å². The minimum Gasteiger partial charge on any atom is -0.424 e. The fourth-order valence-electron chi connectivity index (χ4n) is 3.85. The van der Waals surface area contributed by atoms with Crippen molar-refractivity contribution in [1.82, 2.24) is 4.57 Å². The summed E-state index contributed by atoms with van der Waals surface area (Å²) < 4.78 is 7.26. The Hall–Kier alpha value is -2.96. The van der Waals surface area contributed by atoms with Gasteiger partial charge in [-0.2, -0.15) is 0 Å². The van der Waals surface area contributed by atoms with Crippen molar-refractivity contribution in [2.45, 2.75) is 51.9 Å². The molecule has 3 rings (SSSR count). The molecule has 0 fully saturated rings. The predicted octanol–water partition coefficient (Wildman–Crippen LogP) is 4.45. The van der Waals surface area contributed by atoms with Crippen molar-refractivity contribution in [2.75, 3.05) is 0 Å². The highest BCUT2D eigenvalue weighted by atomic mass is 16.6. The number of hydrogen-bond donors (Lipinski definition) is 0. The Labute approximate surface area is 163 Å². The van der Waals surface area contributed by atoms with Crippen LogP contribution in [0.5, 0.6) is 5.75 Å². The van der Waals surface area contributed by atoms with E-state index in [0.717, 1.165) is 31.4 Å². The standard InChI is InChI=1S/C21H24N2O5/c1-4-5-6-7-8-16-18-20(28-21(16)25)13(2)17(22(18)3)19(24)14-9-11-15(12-10-14)23(26)27/h9-12,16H,4-8H2,1-3H3. The zero-order valence-corrected chi connectivity index (χ0v) is 16.4. The molecule has 0 saturated carbocycles. The zero-order chi connectivity index (χ0) is 20.4. The van der Waals surface area contributed by atoms with E-state index in [2.05, 4.69) is 6.92 Å². The van der Waals surface area contributed by atoms with E-state index in [1.54, 1.807) is 18.5 Å². The van der Waals surface area contributed by atoms with E-state index in [4.69, 9.17) is 4.74 Å². The Balaban J connectivity index is 1.90. The molecule has 2 heterocycles. The second-order valence-corrected chi connectivity index (χ2v) is 7.20. The smallest absolute Gasteiger partial charge is 0.320 e. The summed E-state index contributed by atoms with van der Waals surface area (Å²) in [5.74, 6) is -0.369. The summed E-state index contributed by atoms with van der Waals surface area (Å²) in [6.07, 6.45) is 4.95. The lowest BCUT2D eigenvalue weighted by atomic mass is 9.98. The van der Waals surface area contributed by atoms with Crippen LogP contribution in [0, 0.1) is 17.0 Å². The van der Waals surface area contributed by atoms with E-state index in [-0.39, 0.29) is 23.4 Å². The van der Waals surface area contributed by atoms with Gasteiger partial charge in [-0.25, -0.2) is 0 Å². The lowest BCUT2D eigenvalue weighted by Crippen LogP contribution is -2.17. The molecule has 0 aliphatic carbocycles. The van der Waals surface area contributed by atoms with Crippen LogP contribution >= 0.6 is 0 Å². The topological polar surface area (TPSA) is 91.4 Å². The van der Waals surface area contributed by atoms with Gasteiger partial charge in [0.2, 0.25) is 5.78 Å². The first kappa shape index (κ1) is 19.8. The number of non-ortho nitro benzene ring substituents is 1. The van der Waals surface area contributed by atoms with Crippen LogP contribution < -0.4 is 4.74 Å². The number of ether oxygens (including phenoxy) is 1. The van der Waals surface area contributed by atoms with Crippen molar-refractivity contribution >= 4 is 17.4 Å². The SMILES string of the molecule is CCCCCCC1C(=O)Oc2c(C)c(C(=O)c3ccc([N+](=O)[O-])cc3)n(C)c21. The number of benzene rings is 1. The third-order valence-corrected chi connectivity index (χ3v) is 5.34. The summed E-state index contributed by atoms with van der Waals surface area (Å²) in [7, 11) is 1.77. The van der Waals surface area contributed by atoms with Gasteiger partial charge in [0.25, 0.3) is 5.69 Å². The maximum absolute atomic E-state index is 13.0. The monoisotopic (exact) mass is 384 g/mol. The summed E-state index contributed by atoms with van der Waals surface area (Å²) in [6, 6.07) is 5.53. The quantitative estimate of drug-likeness (QED) is 0.220. The molecule has 1 aliphatic rings. The van der Waals surface area contributed by atoms with Gasteiger partial charge in [0.1, 0.15) is 5.92 Å². The second-order valence-electron chi connectivity index (χ2n) is 7.20. The number of hydrogen-bond acceptors (Lipinski definition) is 5. The van der Waals surface area contributed by atoms with Gasteiger partial charge in [0, 0.05) is 30.3 Å². The van der Waals surface area contributed by atoms with Crippen molar-refractivity contribution in [2.24, 2.45) is 7.05 Å². The maximum atomic E-state index is 13.0. The molecule has 0 amide bonds. The molecule has 7 heteroatoms. The van der Waals surface area contributed by atoms with Crippen LogP contribution in [0.2, 0.25) is 0 Å². The fourth-order valence-corrected chi connectivity index (χ4v) is 3.85. The van der Waals surface area contributed by atoms with Gasteiger partial charge in [-0.05, 0) is 25.5 Å². The molecule has 0 spiro atoms. The molecule has 1 aliphatic heterocycles. The summed E-state index contributed by atoms with van der Waals surface area (Å²) in [6.45, 7) is 3.91. The molecule has 0 bridgehead atoms. The average molecular weight is 384 g/mol. The van der Waals surface area contributed by atoms with Gasteiger partial charge < -0.3 is 9.30 Å². The van der Waals surface area contributed by atoms with E-state index >= 15 is 0 Å². The highest BCUT2D eigenvalue weighted by molar-refractivity contribution is 6.10. The predicted molar refractivity (Wildman–Crippen MR) is 104 cm³/mol. The Morgan fingerprint density at radius 2 is 1.89 bits per heavy atom. The van der Waals surface area contributed by atoms with Crippen LogP contribution in [0.1, 0.15) is 72.3 Å². The number of carbonyl (C=O) groups is 2. The number of rotatable bonds is 8. The van der Waals surface area contributed by atoms with Crippen LogP contribution in [0.4, 0.5) is 5.69 Å². The second kappa shape index (κ2) is 7.96. The number of esters is 1. The van der Waals surface area contributed by atoms with Crippen LogP contribution in [0.25, 0.3) is 0 Å². The normalized spacial score (nSPS) is 15.4. The largest absolute Gasteiger partial charge is 0.424 e. The number of nitro benzene ring substituents is 1. The maximum Gasteiger partial charge on any atom is 0.320 e. The molecule has 0 radical (unpaired) electrons. The molecular weight excluding hydrogens is 360 g/mol. The number of aromatic nitrogens is 1. The van der Waals surface area contributed by atoms with Gasteiger partial charge in [-0.15, -0.1) is 0 Å². The Morgan fingerprint density at radius 3 is 2.50 bits per heavy atom. The Bertz CT molecular complexity index is 927. The summed E-state index contributed by atoms with van der Waals surface area (Å²) in [4.78, 5) is 35.7. The molecule has 1 atom stereocenters. The van der Waals surface area contributed by atoms with Crippen molar-refractivity contribution in [3.05, 3.63) is 56.9 Å². The summed E-state index contributed by atoms with van der Waals surface area (Å²) in [5.41, 5.74) is 2.13.